The molecule has 2 aliphatic rings. The molecule has 0 aromatic heterocycles. The summed E-state index contributed by atoms with van der Waals surface area (Å²) < 4.78 is 6.20. The van der Waals surface area contributed by atoms with Crippen LogP contribution < -0.4 is 10.5 Å². The van der Waals surface area contributed by atoms with Crippen molar-refractivity contribution in [1.82, 2.24) is 4.90 Å². The number of hydrogen-bond acceptors (Lipinski definition) is 6. The number of unbranched alkanes of at least 4 members (excludes halogenated alkanes) is 4. The molecule has 0 unspecified atom stereocenters. The molecule has 1 saturated heterocycles. The Labute approximate surface area is 160 Å². The van der Waals surface area contributed by atoms with E-state index in [0.29, 0.717) is 5.75 Å². The Balaban J connectivity index is 1.61. The largest absolute Gasteiger partial charge is 0.486 e. The third-order valence-electron chi connectivity index (χ3n) is 5.78. The Bertz CT molecular complexity index is 711. The van der Waals surface area contributed by atoms with Gasteiger partial charge >= 0.3 is 0 Å². The number of carbonyl (C=O) groups excluding carboxylic acids is 1. The van der Waals surface area contributed by atoms with Crippen molar-refractivity contribution in [2.45, 2.75) is 63.9 Å². The number of hydrogen-bond donors (Lipinski definition) is 1. The van der Waals surface area contributed by atoms with E-state index in [1.165, 1.54) is 44.2 Å². The molecule has 1 spiro atoms. The van der Waals surface area contributed by atoms with Gasteiger partial charge in [0.25, 0.3) is 5.69 Å². The second-order valence-corrected chi connectivity index (χ2v) is 7.81. The Morgan fingerprint density at radius 1 is 1.22 bits per heavy atom. The van der Waals surface area contributed by atoms with Crippen LogP contribution >= 0.6 is 0 Å². The topological polar surface area (TPSA) is 98.7 Å². The molecule has 1 fully saturated rings. The van der Waals surface area contributed by atoms with Gasteiger partial charge in [-0.05, 0) is 13.0 Å². The van der Waals surface area contributed by atoms with Gasteiger partial charge in [0.15, 0.2) is 5.78 Å². The molecule has 2 aliphatic heterocycles. The minimum absolute atomic E-state index is 0.0353. The number of nitrogens with zero attached hydrogens (tertiary/aromatic N) is 2. The quantitative estimate of drug-likeness (QED) is 0.335. The van der Waals surface area contributed by atoms with Crippen LogP contribution in [0.3, 0.4) is 0 Å². The third kappa shape index (κ3) is 4.40. The molecule has 3 rings (SSSR count). The molecule has 7 heteroatoms. The van der Waals surface area contributed by atoms with E-state index in [-0.39, 0.29) is 29.1 Å². The van der Waals surface area contributed by atoms with Gasteiger partial charge in [0.1, 0.15) is 17.0 Å². The number of ketones is 1. The second-order valence-electron chi connectivity index (χ2n) is 7.81. The van der Waals surface area contributed by atoms with Crippen molar-refractivity contribution in [3.05, 3.63) is 27.8 Å². The molecule has 0 saturated carbocycles. The lowest BCUT2D eigenvalue weighted by molar-refractivity contribution is -0.384. The molecule has 0 radical (unpaired) electrons. The van der Waals surface area contributed by atoms with E-state index in [1.54, 1.807) is 0 Å². The molecule has 27 heavy (non-hydrogen) atoms. The monoisotopic (exact) mass is 375 g/mol. The van der Waals surface area contributed by atoms with Crippen LogP contribution in [0, 0.1) is 10.1 Å². The Kier molecular flexibility index (Phi) is 5.99. The van der Waals surface area contributed by atoms with Crippen LogP contribution in [0.1, 0.15) is 68.6 Å². The maximum atomic E-state index is 12.6. The number of nitro benzene ring substituents is 1. The number of benzene rings is 1. The highest BCUT2D eigenvalue weighted by Gasteiger charge is 2.43. The van der Waals surface area contributed by atoms with Crippen LogP contribution in [0.5, 0.6) is 5.75 Å². The smallest absolute Gasteiger partial charge is 0.293 e. The summed E-state index contributed by atoms with van der Waals surface area (Å²) in [6.07, 6.45) is 8.23. The highest BCUT2D eigenvalue weighted by Crippen LogP contribution is 2.42. The van der Waals surface area contributed by atoms with Crippen molar-refractivity contribution in [2.24, 2.45) is 0 Å². The molecule has 0 bridgehead atoms. The van der Waals surface area contributed by atoms with Gasteiger partial charge in [-0.1, -0.05) is 32.6 Å². The van der Waals surface area contributed by atoms with Crippen molar-refractivity contribution in [3.63, 3.8) is 0 Å². The van der Waals surface area contributed by atoms with Gasteiger partial charge in [0.05, 0.1) is 16.9 Å². The fourth-order valence-corrected chi connectivity index (χ4v) is 4.10. The number of fused-ring (bicyclic) bond motifs is 1. The van der Waals surface area contributed by atoms with E-state index in [2.05, 4.69) is 11.8 Å². The maximum absolute atomic E-state index is 12.6. The van der Waals surface area contributed by atoms with E-state index in [0.717, 1.165) is 32.5 Å². The lowest BCUT2D eigenvalue weighted by atomic mass is 9.82. The first-order valence-electron chi connectivity index (χ1n) is 9.96. The fraction of sp³-hybridized carbons (Fsp3) is 0.650. The van der Waals surface area contributed by atoms with E-state index in [9.17, 15) is 14.9 Å². The van der Waals surface area contributed by atoms with Crippen LogP contribution in [-0.4, -0.2) is 40.8 Å². The van der Waals surface area contributed by atoms with E-state index < -0.39 is 10.5 Å². The van der Waals surface area contributed by atoms with Crippen molar-refractivity contribution in [2.75, 3.05) is 25.4 Å². The maximum Gasteiger partial charge on any atom is 0.293 e. The van der Waals surface area contributed by atoms with Gasteiger partial charge < -0.3 is 15.4 Å². The van der Waals surface area contributed by atoms with Crippen LogP contribution in [0.15, 0.2) is 12.1 Å². The SMILES string of the molecule is CCCCCCCN1CCC2(CC1)CC(=O)c1cc([N+](=O)[O-])c(N)cc1O2. The van der Waals surface area contributed by atoms with Gasteiger partial charge in [-0.2, -0.15) is 0 Å². The average molecular weight is 375 g/mol. The van der Waals surface area contributed by atoms with Gasteiger partial charge in [0.2, 0.25) is 0 Å². The number of piperidine rings is 1. The van der Waals surface area contributed by atoms with Gasteiger partial charge in [-0.15, -0.1) is 0 Å². The van der Waals surface area contributed by atoms with Crippen LogP contribution in [0.4, 0.5) is 11.4 Å². The van der Waals surface area contributed by atoms with E-state index >= 15 is 0 Å². The molecule has 2 N–H and O–H groups in total. The van der Waals surface area contributed by atoms with Gasteiger partial charge in [-0.25, -0.2) is 0 Å². The summed E-state index contributed by atoms with van der Waals surface area (Å²) in [5, 5.41) is 11.1. The zero-order valence-corrected chi connectivity index (χ0v) is 16.0. The number of nitrogen functional groups attached to an aromatic ring is 1. The molecule has 2 heterocycles. The minimum atomic E-state index is -0.563. The van der Waals surface area contributed by atoms with Crippen molar-refractivity contribution < 1.29 is 14.5 Å². The summed E-state index contributed by atoms with van der Waals surface area (Å²) in [6, 6.07) is 2.69. The lowest BCUT2D eigenvalue weighted by Crippen LogP contribution is -2.51. The minimum Gasteiger partial charge on any atom is -0.486 e. The number of carbonyl (C=O) groups is 1. The van der Waals surface area contributed by atoms with Gasteiger partial charge in [-0.3, -0.25) is 14.9 Å². The zero-order valence-electron chi connectivity index (χ0n) is 16.0. The van der Waals surface area contributed by atoms with Crippen LogP contribution in [0.25, 0.3) is 0 Å². The molecular weight excluding hydrogens is 346 g/mol. The summed E-state index contributed by atoms with van der Waals surface area (Å²) in [4.78, 5) is 25.6. The number of ether oxygens (including phenoxy) is 1. The molecule has 1 aromatic carbocycles. The standard InChI is InChI=1S/C20H29N3O4/c1-2-3-4-5-6-9-22-10-7-20(8-11-22)14-18(24)15-12-17(23(25)26)16(21)13-19(15)27-20/h12-13H,2-11,14,21H2,1H3. The number of nitrogens with two attached hydrogens (primary N) is 1. The predicted octanol–water partition coefficient (Wildman–Crippen LogP) is 3.95. The number of rotatable bonds is 7. The predicted molar refractivity (Wildman–Crippen MR) is 104 cm³/mol. The summed E-state index contributed by atoms with van der Waals surface area (Å²) in [5.74, 6) is 0.301. The third-order valence-corrected chi connectivity index (χ3v) is 5.78. The highest BCUT2D eigenvalue weighted by molar-refractivity contribution is 6.01. The Morgan fingerprint density at radius 3 is 2.59 bits per heavy atom. The number of Topliss-reactive ketones (excluding diaryl/α,β-unsaturated/α-hetero) is 1. The second kappa shape index (κ2) is 8.25. The van der Waals surface area contributed by atoms with E-state index in [4.69, 9.17) is 10.5 Å². The molecule has 0 aliphatic carbocycles. The summed E-state index contributed by atoms with van der Waals surface area (Å²) in [6.45, 7) is 5.15. The van der Waals surface area contributed by atoms with Crippen molar-refractivity contribution >= 4 is 17.2 Å². The molecule has 7 nitrogen and oxygen atoms in total. The normalized spacial score (nSPS) is 18.9. The first-order chi connectivity index (χ1) is 12.9. The number of nitro groups is 1. The fourth-order valence-electron chi connectivity index (χ4n) is 4.10. The number of anilines is 1. The van der Waals surface area contributed by atoms with Crippen molar-refractivity contribution in [3.8, 4) is 5.75 Å². The number of likely N-dealkylation sites (tertiary alicyclic amines) is 1. The highest BCUT2D eigenvalue weighted by atomic mass is 16.6. The summed E-state index contributed by atoms with van der Waals surface area (Å²) >= 11 is 0. The molecule has 0 amide bonds. The first-order valence-corrected chi connectivity index (χ1v) is 9.96. The Morgan fingerprint density at radius 2 is 1.93 bits per heavy atom. The zero-order chi connectivity index (χ0) is 19.4. The van der Waals surface area contributed by atoms with Crippen molar-refractivity contribution in [1.29, 1.82) is 0 Å². The van der Waals surface area contributed by atoms with Crippen LogP contribution in [-0.2, 0) is 0 Å². The first kappa shape index (κ1) is 19.6. The van der Waals surface area contributed by atoms with Crippen LogP contribution in [0.2, 0.25) is 0 Å². The lowest BCUT2D eigenvalue weighted by Gasteiger charge is -2.44. The molecular formula is C20H29N3O4. The van der Waals surface area contributed by atoms with Gasteiger partial charge in [0, 0.05) is 38.1 Å². The Hall–Kier alpha value is -2.15. The summed E-state index contributed by atoms with van der Waals surface area (Å²) in [7, 11) is 0. The summed E-state index contributed by atoms with van der Waals surface area (Å²) in [5.41, 5.74) is 5.36. The van der Waals surface area contributed by atoms with E-state index in [1.807, 2.05) is 0 Å². The molecule has 1 aromatic rings. The molecule has 0 atom stereocenters. The molecule has 148 valence electrons. The average Bonchev–Trinajstić information content (AvgIpc) is 2.62.